The van der Waals surface area contributed by atoms with Crippen molar-refractivity contribution in [1.82, 2.24) is 25.5 Å². The molecule has 2 atom stereocenters. The van der Waals surface area contributed by atoms with Gasteiger partial charge in [0.05, 0.1) is 12.1 Å². The molecule has 17 heavy (non-hydrogen) atoms. The highest BCUT2D eigenvalue weighted by Gasteiger charge is 2.31. The molecule has 0 saturated heterocycles. The van der Waals surface area contributed by atoms with Crippen molar-refractivity contribution in [2.24, 2.45) is 5.92 Å². The number of nitrogens with one attached hydrogen (secondary N) is 1. The first-order valence-corrected chi connectivity index (χ1v) is 6.79. The summed E-state index contributed by atoms with van der Waals surface area (Å²) in [7, 11) is 0. The standard InChI is InChI=1S/C12H21N5/c1-8(10-4-3-5-10)13-9(2)12-14-15-16-17(12)11-6-7-11/h8-11,13H,3-7H2,1-2H3/t8-,9+/m1/s1. The van der Waals surface area contributed by atoms with Gasteiger partial charge in [0.15, 0.2) is 5.82 Å². The summed E-state index contributed by atoms with van der Waals surface area (Å²) in [6.45, 7) is 4.45. The van der Waals surface area contributed by atoms with E-state index in [1.807, 2.05) is 4.68 Å². The monoisotopic (exact) mass is 235 g/mol. The first-order valence-electron chi connectivity index (χ1n) is 6.79. The van der Waals surface area contributed by atoms with Crippen molar-refractivity contribution >= 4 is 0 Å². The van der Waals surface area contributed by atoms with E-state index in [4.69, 9.17) is 0 Å². The van der Waals surface area contributed by atoms with Crippen molar-refractivity contribution in [2.45, 2.75) is 64.1 Å². The van der Waals surface area contributed by atoms with Gasteiger partial charge in [-0.2, -0.15) is 0 Å². The van der Waals surface area contributed by atoms with Crippen molar-refractivity contribution in [3.63, 3.8) is 0 Å². The zero-order valence-corrected chi connectivity index (χ0v) is 10.6. The van der Waals surface area contributed by atoms with Crippen LogP contribution in [0.3, 0.4) is 0 Å². The summed E-state index contributed by atoms with van der Waals surface area (Å²) in [5, 5.41) is 15.7. The Morgan fingerprint density at radius 2 is 2.00 bits per heavy atom. The fourth-order valence-electron chi connectivity index (χ4n) is 2.61. The highest BCUT2D eigenvalue weighted by molar-refractivity contribution is 4.97. The topological polar surface area (TPSA) is 55.6 Å². The number of tetrazole rings is 1. The van der Waals surface area contributed by atoms with E-state index < -0.39 is 0 Å². The summed E-state index contributed by atoms with van der Waals surface area (Å²) in [5.74, 6) is 1.85. The van der Waals surface area contributed by atoms with Gasteiger partial charge in [0.1, 0.15) is 0 Å². The Hall–Kier alpha value is -0.970. The van der Waals surface area contributed by atoms with Gasteiger partial charge >= 0.3 is 0 Å². The molecule has 2 aliphatic carbocycles. The van der Waals surface area contributed by atoms with Crippen LogP contribution < -0.4 is 5.32 Å². The van der Waals surface area contributed by atoms with E-state index in [9.17, 15) is 0 Å². The number of hydrogen-bond acceptors (Lipinski definition) is 4. The molecule has 5 nitrogen and oxygen atoms in total. The summed E-state index contributed by atoms with van der Waals surface area (Å²) < 4.78 is 2.01. The van der Waals surface area contributed by atoms with Crippen LogP contribution >= 0.6 is 0 Å². The van der Waals surface area contributed by atoms with Gasteiger partial charge in [0, 0.05) is 6.04 Å². The third kappa shape index (κ3) is 2.20. The molecule has 1 heterocycles. The van der Waals surface area contributed by atoms with Crippen LogP contribution in [0.5, 0.6) is 0 Å². The zero-order chi connectivity index (χ0) is 11.8. The van der Waals surface area contributed by atoms with Gasteiger partial charge in [-0.05, 0) is 55.9 Å². The van der Waals surface area contributed by atoms with Crippen molar-refractivity contribution in [3.8, 4) is 0 Å². The third-order valence-corrected chi connectivity index (χ3v) is 4.17. The Bertz CT molecular complexity index is 380. The van der Waals surface area contributed by atoms with Gasteiger partial charge in [0.2, 0.25) is 0 Å². The minimum Gasteiger partial charge on any atom is -0.305 e. The van der Waals surface area contributed by atoms with E-state index in [1.165, 1.54) is 32.1 Å². The van der Waals surface area contributed by atoms with Crippen LogP contribution in [-0.2, 0) is 0 Å². The van der Waals surface area contributed by atoms with Crippen LogP contribution in [0.1, 0.15) is 63.9 Å². The van der Waals surface area contributed by atoms with Crippen LogP contribution in [0.25, 0.3) is 0 Å². The van der Waals surface area contributed by atoms with E-state index in [0.717, 1.165) is 11.7 Å². The summed E-state index contributed by atoms with van der Waals surface area (Å²) in [4.78, 5) is 0. The van der Waals surface area contributed by atoms with E-state index in [1.54, 1.807) is 0 Å². The summed E-state index contributed by atoms with van der Waals surface area (Å²) in [5.41, 5.74) is 0. The molecule has 2 fully saturated rings. The lowest BCUT2D eigenvalue weighted by Gasteiger charge is -2.33. The zero-order valence-electron chi connectivity index (χ0n) is 10.6. The molecule has 0 radical (unpaired) electrons. The van der Waals surface area contributed by atoms with Crippen LogP contribution in [0, 0.1) is 5.92 Å². The number of aromatic nitrogens is 4. The molecule has 3 rings (SSSR count). The van der Waals surface area contributed by atoms with E-state index in [0.29, 0.717) is 12.1 Å². The van der Waals surface area contributed by atoms with Gasteiger partial charge < -0.3 is 5.32 Å². The van der Waals surface area contributed by atoms with Gasteiger partial charge in [-0.15, -0.1) is 5.10 Å². The maximum absolute atomic E-state index is 4.17. The molecular weight excluding hydrogens is 214 g/mol. The molecule has 1 aromatic heterocycles. The van der Waals surface area contributed by atoms with Gasteiger partial charge in [-0.25, -0.2) is 4.68 Å². The molecule has 5 heteroatoms. The van der Waals surface area contributed by atoms with Crippen LogP contribution in [0.2, 0.25) is 0 Å². The average Bonchev–Trinajstić information content (AvgIpc) is 2.93. The molecule has 94 valence electrons. The molecule has 0 unspecified atom stereocenters. The van der Waals surface area contributed by atoms with Crippen LogP contribution in [0.4, 0.5) is 0 Å². The minimum absolute atomic E-state index is 0.251. The molecule has 2 aliphatic rings. The maximum Gasteiger partial charge on any atom is 0.168 e. The largest absolute Gasteiger partial charge is 0.305 e. The van der Waals surface area contributed by atoms with E-state index in [-0.39, 0.29) is 6.04 Å². The SMILES string of the molecule is C[C@H](N[C@H](C)C1CCC1)c1nnnn1C1CC1. The Morgan fingerprint density at radius 3 is 2.59 bits per heavy atom. The number of hydrogen-bond donors (Lipinski definition) is 1. The molecule has 1 N–H and O–H groups in total. The quantitative estimate of drug-likeness (QED) is 0.846. The fraction of sp³-hybridized carbons (Fsp3) is 0.917. The van der Waals surface area contributed by atoms with Gasteiger partial charge in [-0.3, -0.25) is 0 Å². The Morgan fingerprint density at radius 1 is 1.24 bits per heavy atom. The molecule has 1 aromatic rings. The van der Waals surface area contributed by atoms with Crippen molar-refractivity contribution in [1.29, 1.82) is 0 Å². The Kier molecular flexibility index (Phi) is 2.86. The summed E-state index contributed by atoms with van der Waals surface area (Å²) >= 11 is 0. The Labute approximate surface area is 102 Å². The molecule has 2 saturated carbocycles. The number of rotatable bonds is 5. The summed E-state index contributed by atoms with van der Waals surface area (Å²) in [6, 6.07) is 1.38. The smallest absolute Gasteiger partial charge is 0.168 e. The predicted octanol–water partition coefficient (Wildman–Crippen LogP) is 1.85. The van der Waals surface area contributed by atoms with E-state index >= 15 is 0 Å². The molecule has 0 aromatic carbocycles. The fourth-order valence-corrected chi connectivity index (χ4v) is 2.61. The first-order chi connectivity index (χ1) is 8.25. The second-order valence-electron chi connectivity index (χ2n) is 5.58. The van der Waals surface area contributed by atoms with Crippen molar-refractivity contribution < 1.29 is 0 Å². The van der Waals surface area contributed by atoms with Crippen LogP contribution in [0.15, 0.2) is 0 Å². The van der Waals surface area contributed by atoms with Crippen molar-refractivity contribution in [3.05, 3.63) is 5.82 Å². The lowest BCUT2D eigenvalue weighted by atomic mass is 9.80. The number of nitrogens with zero attached hydrogens (tertiary/aromatic N) is 4. The molecular formula is C12H21N5. The molecule has 0 amide bonds. The maximum atomic E-state index is 4.17. The van der Waals surface area contributed by atoms with Gasteiger partial charge in [-0.1, -0.05) is 6.42 Å². The highest BCUT2D eigenvalue weighted by atomic mass is 15.6. The van der Waals surface area contributed by atoms with Crippen molar-refractivity contribution in [2.75, 3.05) is 0 Å². The molecule has 0 spiro atoms. The molecule has 0 aliphatic heterocycles. The normalized spacial score (nSPS) is 24.4. The molecule has 0 bridgehead atoms. The predicted molar refractivity (Wildman–Crippen MR) is 64.4 cm³/mol. The highest BCUT2D eigenvalue weighted by Crippen LogP contribution is 2.36. The second kappa shape index (κ2) is 4.37. The van der Waals surface area contributed by atoms with Gasteiger partial charge in [0.25, 0.3) is 0 Å². The van der Waals surface area contributed by atoms with E-state index in [2.05, 4.69) is 34.7 Å². The Balaban J connectivity index is 1.63. The lowest BCUT2D eigenvalue weighted by molar-refractivity contribution is 0.226. The minimum atomic E-state index is 0.251. The van der Waals surface area contributed by atoms with Crippen LogP contribution in [-0.4, -0.2) is 26.2 Å². The average molecular weight is 235 g/mol. The lowest BCUT2D eigenvalue weighted by Crippen LogP contribution is -2.39. The third-order valence-electron chi connectivity index (χ3n) is 4.17. The second-order valence-corrected chi connectivity index (χ2v) is 5.58. The summed E-state index contributed by atoms with van der Waals surface area (Å²) in [6.07, 6.45) is 6.58. The first kappa shape index (κ1) is 11.1.